The molecule has 1 aliphatic rings. The number of hydrogen-bond acceptors (Lipinski definition) is 4. The van der Waals surface area contributed by atoms with Gasteiger partial charge < -0.3 is 15.5 Å². The molecule has 2 rings (SSSR count). The molecule has 1 fully saturated rings. The average Bonchev–Trinajstić information content (AvgIpc) is 2.40. The maximum atomic E-state index is 12.1. The van der Waals surface area contributed by atoms with Gasteiger partial charge in [0.1, 0.15) is 11.6 Å². The van der Waals surface area contributed by atoms with Crippen LogP contribution in [0.25, 0.3) is 0 Å². The number of hydrogen-bond donors (Lipinski definition) is 2. The van der Waals surface area contributed by atoms with Crippen LogP contribution >= 0.6 is 0 Å². The molecule has 98 valence electrons. The highest BCUT2D eigenvalue weighted by Gasteiger charge is 2.21. The molecule has 1 aromatic rings. The molecule has 0 aromatic carbocycles. The van der Waals surface area contributed by atoms with Crippen molar-refractivity contribution >= 4 is 17.5 Å². The van der Waals surface area contributed by atoms with Crippen LogP contribution in [0.15, 0.2) is 18.2 Å². The third-order valence-corrected chi connectivity index (χ3v) is 3.15. The van der Waals surface area contributed by atoms with E-state index in [0.717, 1.165) is 31.7 Å². The molecule has 0 radical (unpaired) electrons. The maximum Gasteiger partial charge on any atom is 0.228 e. The van der Waals surface area contributed by atoms with Gasteiger partial charge in [0.05, 0.1) is 0 Å². The highest BCUT2D eigenvalue weighted by Crippen LogP contribution is 2.16. The Labute approximate surface area is 108 Å². The fourth-order valence-corrected chi connectivity index (χ4v) is 2.05. The second-order valence-electron chi connectivity index (χ2n) is 4.79. The van der Waals surface area contributed by atoms with Gasteiger partial charge in [-0.2, -0.15) is 0 Å². The summed E-state index contributed by atoms with van der Waals surface area (Å²) in [4.78, 5) is 18.4. The van der Waals surface area contributed by atoms with Crippen LogP contribution in [0.3, 0.4) is 0 Å². The van der Waals surface area contributed by atoms with E-state index in [-0.39, 0.29) is 11.8 Å². The van der Waals surface area contributed by atoms with E-state index in [4.69, 9.17) is 0 Å². The summed E-state index contributed by atoms with van der Waals surface area (Å²) in [6.45, 7) is 1.84. The summed E-state index contributed by atoms with van der Waals surface area (Å²) in [5, 5.41) is 6.16. The molecule has 1 aliphatic heterocycles. The molecule has 5 nitrogen and oxygen atoms in total. The quantitative estimate of drug-likeness (QED) is 0.840. The van der Waals surface area contributed by atoms with E-state index in [1.165, 1.54) is 0 Å². The molecule has 5 heteroatoms. The molecule has 0 saturated carbocycles. The SMILES string of the molecule is CN(C)c1cccc(NC(=O)C2CCNCC2)n1. The number of amides is 1. The van der Waals surface area contributed by atoms with E-state index >= 15 is 0 Å². The number of piperidine rings is 1. The molecule has 1 amide bonds. The largest absolute Gasteiger partial charge is 0.363 e. The van der Waals surface area contributed by atoms with Crippen LogP contribution in [-0.2, 0) is 4.79 Å². The molecule has 1 aromatic heterocycles. The Morgan fingerprint density at radius 2 is 2.11 bits per heavy atom. The fraction of sp³-hybridized carbons (Fsp3) is 0.538. The topological polar surface area (TPSA) is 57.3 Å². The zero-order valence-corrected chi connectivity index (χ0v) is 10.9. The summed E-state index contributed by atoms with van der Waals surface area (Å²) >= 11 is 0. The molecule has 0 spiro atoms. The predicted molar refractivity (Wildman–Crippen MR) is 72.8 cm³/mol. The van der Waals surface area contributed by atoms with Crippen LogP contribution in [0.2, 0.25) is 0 Å². The Kier molecular flexibility index (Phi) is 4.15. The summed E-state index contributed by atoms with van der Waals surface area (Å²) in [5.74, 6) is 1.67. The molecule has 0 atom stereocenters. The van der Waals surface area contributed by atoms with Crippen molar-refractivity contribution in [3.8, 4) is 0 Å². The van der Waals surface area contributed by atoms with Crippen LogP contribution in [0.1, 0.15) is 12.8 Å². The van der Waals surface area contributed by atoms with Crippen molar-refractivity contribution in [3.63, 3.8) is 0 Å². The second kappa shape index (κ2) is 5.82. The van der Waals surface area contributed by atoms with Crippen molar-refractivity contribution in [3.05, 3.63) is 18.2 Å². The number of aromatic nitrogens is 1. The molecule has 0 bridgehead atoms. The summed E-state index contributed by atoms with van der Waals surface area (Å²) < 4.78 is 0. The lowest BCUT2D eigenvalue weighted by Crippen LogP contribution is -2.34. The highest BCUT2D eigenvalue weighted by molar-refractivity contribution is 5.91. The van der Waals surface area contributed by atoms with Crippen LogP contribution < -0.4 is 15.5 Å². The molecule has 0 aliphatic carbocycles. The zero-order valence-electron chi connectivity index (χ0n) is 10.9. The summed E-state index contributed by atoms with van der Waals surface area (Å²) in [7, 11) is 3.86. The lowest BCUT2D eigenvalue weighted by molar-refractivity contribution is -0.120. The van der Waals surface area contributed by atoms with Gasteiger partial charge in [0.15, 0.2) is 0 Å². The third-order valence-electron chi connectivity index (χ3n) is 3.15. The van der Waals surface area contributed by atoms with Crippen molar-refractivity contribution in [1.82, 2.24) is 10.3 Å². The van der Waals surface area contributed by atoms with Crippen molar-refractivity contribution in [2.24, 2.45) is 5.92 Å². The van der Waals surface area contributed by atoms with Gasteiger partial charge in [0.2, 0.25) is 5.91 Å². The fourth-order valence-electron chi connectivity index (χ4n) is 2.05. The van der Waals surface area contributed by atoms with Crippen molar-refractivity contribution in [2.75, 3.05) is 37.4 Å². The Hall–Kier alpha value is -1.62. The molecule has 0 unspecified atom stereocenters. The van der Waals surface area contributed by atoms with Gasteiger partial charge in [-0.1, -0.05) is 6.07 Å². The predicted octanol–water partition coefficient (Wildman–Crippen LogP) is 1.09. The third kappa shape index (κ3) is 3.20. The Morgan fingerprint density at radius 3 is 2.78 bits per heavy atom. The van der Waals surface area contributed by atoms with Crippen LogP contribution in [0, 0.1) is 5.92 Å². The Morgan fingerprint density at radius 1 is 1.39 bits per heavy atom. The van der Waals surface area contributed by atoms with Crippen LogP contribution in [-0.4, -0.2) is 38.1 Å². The van der Waals surface area contributed by atoms with E-state index in [9.17, 15) is 4.79 Å². The first kappa shape index (κ1) is 12.8. The number of pyridine rings is 1. The summed E-state index contributed by atoms with van der Waals surface area (Å²) in [6.07, 6.45) is 1.80. The van der Waals surface area contributed by atoms with Gasteiger partial charge in [-0.05, 0) is 38.1 Å². The summed E-state index contributed by atoms with van der Waals surface area (Å²) in [5.41, 5.74) is 0. The van der Waals surface area contributed by atoms with E-state index in [1.807, 2.05) is 37.2 Å². The lowest BCUT2D eigenvalue weighted by Gasteiger charge is -2.21. The van der Waals surface area contributed by atoms with Crippen LogP contribution in [0.4, 0.5) is 11.6 Å². The maximum absolute atomic E-state index is 12.1. The molecular weight excluding hydrogens is 228 g/mol. The van der Waals surface area contributed by atoms with Gasteiger partial charge in [-0.3, -0.25) is 4.79 Å². The van der Waals surface area contributed by atoms with E-state index in [1.54, 1.807) is 0 Å². The highest BCUT2D eigenvalue weighted by atomic mass is 16.1. The zero-order chi connectivity index (χ0) is 13.0. The molecular formula is C13H20N4O. The van der Waals surface area contributed by atoms with E-state index in [0.29, 0.717) is 5.82 Å². The number of carbonyl (C=O) groups is 1. The Bertz CT molecular complexity index is 413. The van der Waals surface area contributed by atoms with Gasteiger partial charge >= 0.3 is 0 Å². The second-order valence-corrected chi connectivity index (χ2v) is 4.79. The number of nitrogens with one attached hydrogen (secondary N) is 2. The van der Waals surface area contributed by atoms with Crippen molar-refractivity contribution < 1.29 is 4.79 Å². The van der Waals surface area contributed by atoms with Crippen molar-refractivity contribution in [2.45, 2.75) is 12.8 Å². The number of nitrogens with zero attached hydrogens (tertiary/aromatic N) is 2. The number of anilines is 2. The molecule has 18 heavy (non-hydrogen) atoms. The minimum absolute atomic E-state index is 0.0832. The van der Waals surface area contributed by atoms with E-state index in [2.05, 4.69) is 15.6 Å². The summed E-state index contributed by atoms with van der Waals surface area (Å²) in [6, 6.07) is 5.65. The van der Waals surface area contributed by atoms with Gasteiger partial charge in [0.25, 0.3) is 0 Å². The smallest absolute Gasteiger partial charge is 0.228 e. The monoisotopic (exact) mass is 248 g/mol. The first-order chi connectivity index (χ1) is 8.66. The van der Waals surface area contributed by atoms with E-state index < -0.39 is 0 Å². The van der Waals surface area contributed by atoms with Crippen molar-refractivity contribution in [1.29, 1.82) is 0 Å². The van der Waals surface area contributed by atoms with Gasteiger partial charge in [0, 0.05) is 20.0 Å². The minimum Gasteiger partial charge on any atom is -0.363 e. The van der Waals surface area contributed by atoms with Gasteiger partial charge in [-0.15, -0.1) is 0 Å². The Balaban J connectivity index is 1.99. The number of carbonyl (C=O) groups excluding carboxylic acids is 1. The minimum atomic E-state index is 0.0832. The first-order valence-corrected chi connectivity index (χ1v) is 6.33. The standard InChI is InChI=1S/C13H20N4O/c1-17(2)12-5-3-4-11(15-12)16-13(18)10-6-8-14-9-7-10/h3-5,10,14H,6-9H2,1-2H3,(H,15,16,18). The number of rotatable bonds is 3. The molecule has 2 N–H and O–H groups in total. The normalized spacial score (nSPS) is 16.3. The molecule has 1 saturated heterocycles. The average molecular weight is 248 g/mol. The molecule has 2 heterocycles. The lowest BCUT2D eigenvalue weighted by atomic mass is 9.97. The first-order valence-electron chi connectivity index (χ1n) is 6.33. The van der Waals surface area contributed by atoms with Gasteiger partial charge in [-0.25, -0.2) is 4.98 Å². The van der Waals surface area contributed by atoms with Crippen LogP contribution in [0.5, 0.6) is 0 Å².